The normalized spacial score (nSPS) is 11.8. The number of likely N-dealkylation sites (N-methyl/N-ethyl adjacent to an activating group) is 1. The van der Waals surface area contributed by atoms with Crippen molar-refractivity contribution in [1.29, 1.82) is 0 Å². The van der Waals surface area contributed by atoms with E-state index in [0.717, 1.165) is 21.8 Å². The van der Waals surface area contributed by atoms with Crippen molar-refractivity contribution in [3.05, 3.63) is 108 Å². The highest BCUT2D eigenvalue weighted by atomic mass is 16.7. The first kappa shape index (κ1) is 24.5. The fraction of sp³-hybridized carbons (Fsp3) is 0.192. The van der Waals surface area contributed by atoms with E-state index in [2.05, 4.69) is 10.6 Å². The van der Waals surface area contributed by atoms with Crippen molar-refractivity contribution >= 4 is 17.9 Å². The standard InChI is InChI=1S/C26H27N3O5/c1-29(34-2)24(31)22(27-25(32)33)18-23(30)28-26(19-12-6-3-7-13-19,20-14-8-4-9-15-20)21-16-10-5-11-17-21/h3-17,22,27H,18H2,1-2H3,(H,28,30)(H,32,33). The van der Waals surface area contributed by atoms with E-state index in [1.807, 2.05) is 91.0 Å². The molecule has 3 amide bonds. The number of hydrogen-bond donors (Lipinski definition) is 3. The molecule has 34 heavy (non-hydrogen) atoms. The van der Waals surface area contributed by atoms with Crippen LogP contribution in [0.1, 0.15) is 23.1 Å². The molecule has 0 saturated carbocycles. The van der Waals surface area contributed by atoms with Gasteiger partial charge in [0.1, 0.15) is 11.6 Å². The maximum Gasteiger partial charge on any atom is 0.405 e. The minimum atomic E-state index is -1.42. The third kappa shape index (κ3) is 5.41. The summed E-state index contributed by atoms with van der Waals surface area (Å²) in [5, 5.41) is 15.3. The number of amides is 3. The van der Waals surface area contributed by atoms with E-state index in [-0.39, 0.29) is 0 Å². The van der Waals surface area contributed by atoms with Gasteiger partial charge in [-0.1, -0.05) is 91.0 Å². The maximum absolute atomic E-state index is 13.4. The number of nitrogens with one attached hydrogen (secondary N) is 2. The number of carboxylic acid groups (broad SMARTS) is 1. The van der Waals surface area contributed by atoms with Gasteiger partial charge in [0.25, 0.3) is 5.91 Å². The molecule has 0 aromatic heterocycles. The number of carbonyl (C=O) groups is 3. The Morgan fingerprint density at radius 2 is 1.26 bits per heavy atom. The van der Waals surface area contributed by atoms with E-state index in [4.69, 9.17) is 4.84 Å². The van der Waals surface area contributed by atoms with Gasteiger partial charge in [-0.2, -0.15) is 0 Å². The summed E-state index contributed by atoms with van der Waals surface area (Å²) < 4.78 is 0. The van der Waals surface area contributed by atoms with E-state index in [1.165, 1.54) is 14.2 Å². The van der Waals surface area contributed by atoms with Gasteiger partial charge in [0, 0.05) is 7.05 Å². The van der Waals surface area contributed by atoms with Crippen LogP contribution >= 0.6 is 0 Å². The van der Waals surface area contributed by atoms with Crippen LogP contribution in [0.5, 0.6) is 0 Å². The van der Waals surface area contributed by atoms with E-state index in [9.17, 15) is 19.5 Å². The van der Waals surface area contributed by atoms with Crippen LogP contribution in [0.2, 0.25) is 0 Å². The van der Waals surface area contributed by atoms with Gasteiger partial charge in [0.15, 0.2) is 0 Å². The molecular weight excluding hydrogens is 434 g/mol. The van der Waals surface area contributed by atoms with E-state index in [0.29, 0.717) is 0 Å². The second-order valence-corrected chi connectivity index (χ2v) is 7.62. The van der Waals surface area contributed by atoms with Crippen molar-refractivity contribution in [1.82, 2.24) is 15.7 Å². The molecule has 3 aromatic carbocycles. The Bertz CT molecular complexity index is 1010. The lowest BCUT2D eigenvalue weighted by Gasteiger charge is -2.37. The van der Waals surface area contributed by atoms with Gasteiger partial charge in [0.2, 0.25) is 5.91 Å². The summed E-state index contributed by atoms with van der Waals surface area (Å²) in [4.78, 5) is 42.2. The van der Waals surface area contributed by atoms with Crippen LogP contribution in [0.15, 0.2) is 91.0 Å². The molecule has 0 radical (unpaired) electrons. The fourth-order valence-electron chi connectivity index (χ4n) is 3.89. The predicted molar refractivity (Wildman–Crippen MR) is 127 cm³/mol. The third-order valence-corrected chi connectivity index (χ3v) is 5.52. The van der Waals surface area contributed by atoms with Gasteiger partial charge in [-0.3, -0.25) is 14.4 Å². The summed E-state index contributed by atoms with van der Waals surface area (Å²) in [5.74, 6) is -1.21. The lowest BCUT2D eigenvalue weighted by atomic mass is 9.77. The summed E-state index contributed by atoms with van der Waals surface area (Å²) in [6.07, 6.45) is -1.84. The summed E-state index contributed by atoms with van der Waals surface area (Å²) in [6.45, 7) is 0. The van der Waals surface area contributed by atoms with Crippen LogP contribution in [0.3, 0.4) is 0 Å². The first-order chi connectivity index (χ1) is 16.4. The molecule has 8 heteroatoms. The van der Waals surface area contributed by atoms with Gasteiger partial charge in [-0.25, -0.2) is 9.86 Å². The molecule has 0 aliphatic carbocycles. The van der Waals surface area contributed by atoms with Gasteiger partial charge in [-0.05, 0) is 16.7 Å². The Labute approximate surface area is 198 Å². The summed E-state index contributed by atoms with van der Waals surface area (Å²) in [5.41, 5.74) is 1.35. The fourth-order valence-corrected chi connectivity index (χ4v) is 3.89. The molecule has 1 unspecified atom stereocenters. The Balaban J connectivity index is 2.08. The second kappa shape index (κ2) is 11.1. The zero-order valence-corrected chi connectivity index (χ0v) is 19.0. The van der Waals surface area contributed by atoms with Gasteiger partial charge >= 0.3 is 6.09 Å². The van der Waals surface area contributed by atoms with Crippen molar-refractivity contribution in [3.8, 4) is 0 Å². The average molecular weight is 462 g/mol. The molecule has 0 saturated heterocycles. The van der Waals surface area contributed by atoms with Gasteiger partial charge in [0.05, 0.1) is 13.5 Å². The number of nitrogens with zero attached hydrogens (tertiary/aromatic N) is 1. The van der Waals surface area contributed by atoms with Crippen molar-refractivity contribution in [3.63, 3.8) is 0 Å². The highest BCUT2D eigenvalue weighted by molar-refractivity contribution is 5.90. The SMILES string of the molecule is CON(C)C(=O)C(CC(=O)NC(c1ccccc1)(c1ccccc1)c1ccccc1)NC(=O)O. The number of hydrogen-bond acceptors (Lipinski definition) is 4. The number of hydroxylamine groups is 2. The summed E-state index contributed by atoms with van der Waals surface area (Å²) >= 11 is 0. The average Bonchev–Trinajstić information content (AvgIpc) is 2.87. The zero-order chi connectivity index (χ0) is 24.6. The zero-order valence-electron chi connectivity index (χ0n) is 19.0. The predicted octanol–water partition coefficient (Wildman–Crippen LogP) is 3.14. The second-order valence-electron chi connectivity index (χ2n) is 7.62. The Morgan fingerprint density at radius 3 is 1.62 bits per heavy atom. The van der Waals surface area contributed by atoms with Crippen LogP contribution in [-0.4, -0.2) is 48.3 Å². The highest BCUT2D eigenvalue weighted by Gasteiger charge is 2.39. The first-order valence-corrected chi connectivity index (χ1v) is 10.7. The number of benzene rings is 3. The van der Waals surface area contributed by atoms with Crippen molar-refractivity contribution in [2.24, 2.45) is 0 Å². The highest BCUT2D eigenvalue weighted by Crippen LogP contribution is 2.36. The molecule has 3 aromatic rings. The molecule has 3 N–H and O–H groups in total. The summed E-state index contributed by atoms with van der Waals surface area (Å²) in [7, 11) is 2.63. The molecule has 0 aliphatic rings. The molecule has 0 fully saturated rings. The van der Waals surface area contributed by atoms with Crippen LogP contribution in [0.25, 0.3) is 0 Å². The molecule has 176 valence electrons. The molecule has 1 atom stereocenters. The molecule has 8 nitrogen and oxygen atoms in total. The van der Waals surface area contributed by atoms with E-state index in [1.54, 1.807) is 0 Å². The summed E-state index contributed by atoms with van der Waals surface area (Å²) in [6, 6.07) is 27.1. The lowest BCUT2D eigenvalue weighted by molar-refractivity contribution is -0.171. The van der Waals surface area contributed by atoms with Crippen LogP contribution < -0.4 is 10.6 Å². The maximum atomic E-state index is 13.4. The third-order valence-electron chi connectivity index (χ3n) is 5.52. The molecular formula is C26H27N3O5. The van der Waals surface area contributed by atoms with Crippen molar-refractivity contribution in [2.75, 3.05) is 14.2 Å². The molecule has 0 bridgehead atoms. The molecule has 0 aliphatic heterocycles. The van der Waals surface area contributed by atoms with Crippen LogP contribution in [-0.2, 0) is 20.0 Å². The van der Waals surface area contributed by atoms with Gasteiger partial charge in [-0.15, -0.1) is 0 Å². The van der Waals surface area contributed by atoms with Crippen LogP contribution in [0.4, 0.5) is 4.79 Å². The number of rotatable bonds is 9. The largest absolute Gasteiger partial charge is 0.465 e. The van der Waals surface area contributed by atoms with Gasteiger partial charge < -0.3 is 15.7 Å². The Hall–Kier alpha value is -4.17. The minimum Gasteiger partial charge on any atom is -0.465 e. The topological polar surface area (TPSA) is 108 Å². The smallest absolute Gasteiger partial charge is 0.405 e. The monoisotopic (exact) mass is 461 g/mol. The van der Waals surface area contributed by atoms with E-state index >= 15 is 0 Å². The number of carbonyl (C=O) groups excluding carboxylic acids is 2. The molecule has 0 heterocycles. The van der Waals surface area contributed by atoms with Crippen molar-refractivity contribution < 1.29 is 24.3 Å². The molecule has 0 spiro atoms. The van der Waals surface area contributed by atoms with Crippen molar-refractivity contribution in [2.45, 2.75) is 18.0 Å². The lowest BCUT2D eigenvalue weighted by Crippen LogP contribution is -2.52. The Kier molecular flexibility index (Phi) is 8.00. The Morgan fingerprint density at radius 1 is 0.853 bits per heavy atom. The first-order valence-electron chi connectivity index (χ1n) is 10.7. The molecule has 3 rings (SSSR count). The minimum absolute atomic E-state index is 0.424. The van der Waals surface area contributed by atoms with E-state index < -0.39 is 35.9 Å². The quantitative estimate of drug-likeness (QED) is 0.335. The van der Waals surface area contributed by atoms with Crippen LogP contribution in [0, 0.1) is 0 Å².